The Balaban J connectivity index is 1.08. The van der Waals surface area contributed by atoms with E-state index in [4.69, 9.17) is 9.97 Å². The van der Waals surface area contributed by atoms with Gasteiger partial charge in [0.05, 0.1) is 0 Å². The van der Waals surface area contributed by atoms with Crippen LogP contribution >= 0.6 is 0 Å². The highest BCUT2D eigenvalue weighted by atomic mass is 15.4. The molecule has 0 atom stereocenters. The smallest absolute Gasteiger partial charge is 0.231 e. The van der Waals surface area contributed by atoms with Gasteiger partial charge in [0.15, 0.2) is 0 Å². The Morgan fingerprint density at radius 1 is 0.865 bits per heavy atom. The molecule has 1 fully saturated rings. The van der Waals surface area contributed by atoms with Crippen LogP contribution in [0.1, 0.15) is 27.9 Å². The zero-order valence-corrected chi connectivity index (χ0v) is 21.1. The lowest BCUT2D eigenvalue weighted by molar-refractivity contribution is 0.625. The number of anilines is 4. The molecule has 2 aliphatic rings. The summed E-state index contributed by atoms with van der Waals surface area (Å²) in [7, 11) is 0. The zero-order chi connectivity index (χ0) is 25.0. The largest absolute Gasteiger partial charge is 0.337 e. The van der Waals surface area contributed by atoms with Crippen LogP contribution in [0.25, 0.3) is 0 Å². The second-order valence-corrected chi connectivity index (χ2v) is 9.56. The molecule has 6 rings (SSSR count). The van der Waals surface area contributed by atoms with Crippen molar-refractivity contribution in [2.45, 2.75) is 26.3 Å². The van der Waals surface area contributed by atoms with Crippen LogP contribution in [-0.2, 0) is 19.4 Å². The summed E-state index contributed by atoms with van der Waals surface area (Å²) in [4.78, 5) is 27.4. The number of rotatable bonds is 6. The minimum absolute atomic E-state index is 0.559. The lowest BCUT2D eigenvalue weighted by Crippen LogP contribution is -2.47. The molecule has 0 spiro atoms. The molecule has 4 aromatic rings. The van der Waals surface area contributed by atoms with E-state index in [-0.39, 0.29) is 0 Å². The SMILES string of the molecule is Cc1nc(N2CCN(c3ncnc(Nc4ccc5c(c4)CNCC5)n3)CC2)ncc1Cc1ccccc1. The molecule has 37 heavy (non-hydrogen) atoms. The third kappa shape index (κ3) is 5.36. The Hall–Kier alpha value is -4.11. The van der Waals surface area contributed by atoms with Gasteiger partial charge in [-0.2, -0.15) is 4.98 Å². The molecule has 0 unspecified atom stereocenters. The van der Waals surface area contributed by atoms with E-state index in [2.05, 4.69) is 84.8 Å². The van der Waals surface area contributed by atoms with Crippen LogP contribution < -0.4 is 20.4 Å². The number of piperazine rings is 1. The predicted molar refractivity (Wildman–Crippen MR) is 145 cm³/mol. The van der Waals surface area contributed by atoms with Crippen LogP contribution in [0.15, 0.2) is 61.1 Å². The first-order chi connectivity index (χ1) is 18.2. The molecule has 2 N–H and O–H groups in total. The van der Waals surface area contributed by atoms with Crippen LogP contribution in [0, 0.1) is 6.92 Å². The molecule has 2 aliphatic heterocycles. The van der Waals surface area contributed by atoms with Crippen molar-refractivity contribution in [1.29, 1.82) is 0 Å². The lowest BCUT2D eigenvalue weighted by Gasteiger charge is -2.34. The highest BCUT2D eigenvalue weighted by Gasteiger charge is 2.22. The fourth-order valence-electron chi connectivity index (χ4n) is 4.92. The summed E-state index contributed by atoms with van der Waals surface area (Å²) in [6, 6.07) is 16.9. The molecule has 0 aliphatic carbocycles. The zero-order valence-electron chi connectivity index (χ0n) is 21.1. The quantitative estimate of drug-likeness (QED) is 0.420. The first-order valence-corrected chi connectivity index (χ1v) is 12.9. The topological polar surface area (TPSA) is 95.0 Å². The normalized spacial score (nSPS) is 15.4. The van der Waals surface area contributed by atoms with Gasteiger partial charge in [-0.3, -0.25) is 0 Å². The second kappa shape index (κ2) is 10.5. The summed E-state index contributed by atoms with van der Waals surface area (Å²) >= 11 is 0. The minimum atomic E-state index is 0.559. The number of hydrogen-bond donors (Lipinski definition) is 2. The molecule has 0 radical (unpaired) electrons. The molecule has 0 amide bonds. The van der Waals surface area contributed by atoms with E-state index < -0.39 is 0 Å². The number of aryl methyl sites for hydroxylation is 1. The van der Waals surface area contributed by atoms with Gasteiger partial charge in [0.25, 0.3) is 0 Å². The first-order valence-electron chi connectivity index (χ1n) is 12.9. The summed E-state index contributed by atoms with van der Waals surface area (Å²) in [6.45, 7) is 7.21. The van der Waals surface area contributed by atoms with E-state index >= 15 is 0 Å². The van der Waals surface area contributed by atoms with Crippen LogP contribution in [0.3, 0.4) is 0 Å². The van der Waals surface area contributed by atoms with E-state index in [1.54, 1.807) is 6.33 Å². The molecular weight excluding hydrogens is 462 g/mol. The molecule has 0 bridgehead atoms. The Morgan fingerprint density at radius 3 is 2.43 bits per heavy atom. The van der Waals surface area contributed by atoms with Gasteiger partial charge in [0.2, 0.25) is 17.8 Å². The van der Waals surface area contributed by atoms with Gasteiger partial charge < -0.3 is 20.4 Å². The molecule has 2 aromatic heterocycles. The molecule has 0 saturated carbocycles. The Bertz CT molecular complexity index is 1370. The van der Waals surface area contributed by atoms with Crippen molar-refractivity contribution in [3.63, 3.8) is 0 Å². The molecule has 4 heterocycles. The van der Waals surface area contributed by atoms with Crippen molar-refractivity contribution >= 4 is 23.5 Å². The van der Waals surface area contributed by atoms with Gasteiger partial charge >= 0.3 is 0 Å². The van der Waals surface area contributed by atoms with Gasteiger partial charge in [0, 0.05) is 56.7 Å². The highest BCUT2D eigenvalue weighted by Crippen LogP contribution is 2.22. The van der Waals surface area contributed by atoms with Gasteiger partial charge in [0.1, 0.15) is 6.33 Å². The molecule has 2 aromatic carbocycles. The Labute approximate surface area is 217 Å². The van der Waals surface area contributed by atoms with E-state index in [1.807, 2.05) is 12.3 Å². The standard InChI is InChI=1S/C28H31N9/c1-20-23(15-21-5-3-2-4-6-21)18-30-27(33-20)36-11-13-37(14-12-36)28-32-19-31-26(35-28)34-25-8-7-22-9-10-29-17-24(22)16-25/h2-8,16,18-19,29H,9-15,17H2,1H3,(H,31,32,34,35). The Morgan fingerprint density at radius 2 is 1.65 bits per heavy atom. The molecule has 9 nitrogen and oxygen atoms in total. The summed E-state index contributed by atoms with van der Waals surface area (Å²) in [5.41, 5.74) is 7.19. The molecule has 188 valence electrons. The van der Waals surface area contributed by atoms with Crippen LogP contribution in [0.2, 0.25) is 0 Å². The summed E-state index contributed by atoms with van der Waals surface area (Å²) in [5, 5.41) is 6.78. The average molecular weight is 494 g/mol. The van der Waals surface area contributed by atoms with Crippen LogP contribution in [0.5, 0.6) is 0 Å². The number of benzene rings is 2. The lowest BCUT2D eigenvalue weighted by atomic mass is 10.0. The Kier molecular flexibility index (Phi) is 6.60. The third-order valence-electron chi connectivity index (χ3n) is 7.06. The number of aromatic nitrogens is 5. The fraction of sp³-hybridized carbons (Fsp3) is 0.321. The number of fused-ring (bicyclic) bond motifs is 1. The minimum Gasteiger partial charge on any atom is -0.337 e. The molecular formula is C28H31N9. The number of hydrogen-bond acceptors (Lipinski definition) is 9. The maximum Gasteiger partial charge on any atom is 0.231 e. The average Bonchev–Trinajstić information content (AvgIpc) is 2.95. The second-order valence-electron chi connectivity index (χ2n) is 9.56. The molecule has 9 heteroatoms. The first kappa shape index (κ1) is 23.3. The van der Waals surface area contributed by atoms with Gasteiger partial charge in [-0.1, -0.05) is 36.4 Å². The fourth-order valence-corrected chi connectivity index (χ4v) is 4.92. The summed E-state index contributed by atoms with van der Waals surface area (Å²) < 4.78 is 0. The summed E-state index contributed by atoms with van der Waals surface area (Å²) in [6.07, 6.45) is 5.46. The van der Waals surface area contributed by atoms with E-state index in [1.165, 1.54) is 16.7 Å². The van der Waals surface area contributed by atoms with Crippen LogP contribution in [0.4, 0.5) is 23.5 Å². The van der Waals surface area contributed by atoms with Crippen molar-refractivity contribution in [3.8, 4) is 0 Å². The van der Waals surface area contributed by atoms with E-state index in [9.17, 15) is 0 Å². The van der Waals surface area contributed by atoms with Crippen LogP contribution in [-0.4, -0.2) is 57.6 Å². The maximum atomic E-state index is 4.82. The van der Waals surface area contributed by atoms with Gasteiger partial charge in [-0.25, -0.2) is 19.9 Å². The van der Waals surface area contributed by atoms with E-state index in [0.717, 1.165) is 75.0 Å². The summed E-state index contributed by atoms with van der Waals surface area (Å²) in [5.74, 6) is 2.03. The number of nitrogens with one attached hydrogen (secondary N) is 2. The van der Waals surface area contributed by atoms with E-state index in [0.29, 0.717) is 11.9 Å². The third-order valence-corrected chi connectivity index (χ3v) is 7.06. The monoisotopic (exact) mass is 493 g/mol. The van der Waals surface area contributed by atoms with Crippen molar-refractivity contribution in [3.05, 3.63) is 89.0 Å². The van der Waals surface area contributed by atoms with Crippen molar-refractivity contribution < 1.29 is 0 Å². The van der Waals surface area contributed by atoms with Crippen molar-refractivity contribution in [2.75, 3.05) is 47.8 Å². The van der Waals surface area contributed by atoms with Crippen molar-refractivity contribution in [2.24, 2.45) is 0 Å². The van der Waals surface area contributed by atoms with Gasteiger partial charge in [-0.05, 0) is 54.3 Å². The predicted octanol–water partition coefficient (Wildman–Crippen LogP) is 3.28. The van der Waals surface area contributed by atoms with Crippen molar-refractivity contribution in [1.82, 2.24) is 30.2 Å². The number of nitrogens with zero attached hydrogens (tertiary/aromatic N) is 7. The highest BCUT2D eigenvalue weighted by molar-refractivity contribution is 5.57. The molecule has 1 saturated heterocycles. The van der Waals surface area contributed by atoms with Gasteiger partial charge in [-0.15, -0.1) is 0 Å². The maximum absolute atomic E-state index is 4.82.